The van der Waals surface area contributed by atoms with E-state index in [9.17, 15) is 13.2 Å². The van der Waals surface area contributed by atoms with Gasteiger partial charge < -0.3 is 9.47 Å². The highest BCUT2D eigenvalue weighted by molar-refractivity contribution is 7.89. The van der Waals surface area contributed by atoms with Gasteiger partial charge in [0.15, 0.2) is 0 Å². The summed E-state index contributed by atoms with van der Waals surface area (Å²) in [5, 5.41) is 8.76. The first-order chi connectivity index (χ1) is 21.4. The molecule has 45 heavy (non-hydrogen) atoms. The fraction of sp³-hybridized carbons (Fsp3) is 0.485. The molecule has 12 heteroatoms. The lowest BCUT2D eigenvalue weighted by molar-refractivity contribution is -0.125. The molecule has 1 aromatic carbocycles. The fourth-order valence-corrected chi connectivity index (χ4v) is 8.04. The normalized spacial score (nSPS) is 18.7. The molecule has 3 aromatic heterocycles. The summed E-state index contributed by atoms with van der Waals surface area (Å²) < 4.78 is 43.6. The number of Topliss-reactive ketones (excluding diaryl/α,β-unsaturated/α-hetero) is 1. The lowest BCUT2D eigenvalue weighted by atomic mass is 9.69. The second-order valence-electron chi connectivity index (χ2n) is 12.7. The van der Waals surface area contributed by atoms with Crippen molar-refractivity contribution in [3.8, 4) is 5.88 Å². The number of ketones is 1. The molecular weight excluding hydrogens is 592 g/mol. The van der Waals surface area contributed by atoms with Gasteiger partial charge in [0.05, 0.1) is 37.5 Å². The first-order valence-electron chi connectivity index (χ1n) is 15.4. The van der Waals surface area contributed by atoms with E-state index < -0.39 is 27.0 Å². The third-order valence-corrected chi connectivity index (χ3v) is 11.4. The third kappa shape index (κ3) is 5.42. The van der Waals surface area contributed by atoms with Crippen LogP contribution in [0.4, 0.5) is 0 Å². The number of fused-ring (bicyclic) bond motifs is 2. The molecule has 0 amide bonds. The largest absolute Gasteiger partial charge is 0.468 e. The van der Waals surface area contributed by atoms with Crippen LogP contribution in [0.5, 0.6) is 5.88 Å². The van der Waals surface area contributed by atoms with Gasteiger partial charge in [0.25, 0.3) is 0 Å². The number of aryl methyl sites for hydroxylation is 3. The minimum Gasteiger partial charge on any atom is -0.468 e. The Hall–Kier alpha value is -3.74. The van der Waals surface area contributed by atoms with Gasteiger partial charge in [0.2, 0.25) is 15.9 Å². The molecule has 11 nitrogen and oxygen atoms in total. The standard InChI is InChI=1S/C33H40N6O5S/c1-7-39-27-13-11-24(22(3)30(27)36-37-39)29(32(5,6)23(4)40)25-12-10-21(2)26(35-25)19-38-20-33(14-17-43-18-15-33)44-31-28(45(38,41)42)9-8-16-34-31/h8-13,16,29H,7,14-15,17-20H2,1-6H3/t29-/m0/s1. The minimum atomic E-state index is -3.97. The van der Waals surface area contributed by atoms with E-state index in [4.69, 9.17) is 14.5 Å². The minimum absolute atomic E-state index is 0.0194. The zero-order valence-corrected chi connectivity index (χ0v) is 27.5. The lowest BCUT2D eigenvalue weighted by Crippen LogP contribution is -2.50. The average molecular weight is 633 g/mol. The van der Waals surface area contributed by atoms with Crippen molar-refractivity contribution in [1.82, 2.24) is 29.3 Å². The summed E-state index contributed by atoms with van der Waals surface area (Å²) in [6, 6.07) is 11.1. The van der Waals surface area contributed by atoms with Crippen LogP contribution in [0, 0.1) is 19.3 Å². The Labute approximate surface area is 264 Å². The van der Waals surface area contributed by atoms with Gasteiger partial charge in [-0.15, -0.1) is 5.10 Å². The number of sulfonamides is 1. The monoisotopic (exact) mass is 632 g/mol. The molecule has 238 valence electrons. The molecule has 5 heterocycles. The van der Waals surface area contributed by atoms with Crippen molar-refractivity contribution in [1.29, 1.82) is 0 Å². The first kappa shape index (κ1) is 31.3. The number of benzene rings is 1. The van der Waals surface area contributed by atoms with Crippen LogP contribution in [0.15, 0.2) is 47.5 Å². The summed E-state index contributed by atoms with van der Waals surface area (Å²) in [7, 11) is -3.97. The van der Waals surface area contributed by atoms with Crippen LogP contribution in [0.1, 0.15) is 74.5 Å². The van der Waals surface area contributed by atoms with Crippen molar-refractivity contribution in [2.24, 2.45) is 5.41 Å². The smallest absolute Gasteiger partial charge is 0.248 e. The van der Waals surface area contributed by atoms with Crippen LogP contribution < -0.4 is 4.74 Å². The van der Waals surface area contributed by atoms with E-state index in [2.05, 4.69) is 15.3 Å². The number of nitrogens with zero attached hydrogens (tertiary/aromatic N) is 6. The second kappa shape index (κ2) is 11.6. The number of ether oxygens (including phenoxy) is 2. The van der Waals surface area contributed by atoms with E-state index in [1.54, 1.807) is 25.3 Å². The number of hydrogen-bond donors (Lipinski definition) is 0. The van der Waals surface area contributed by atoms with E-state index in [1.165, 1.54) is 4.31 Å². The van der Waals surface area contributed by atoms with E-state index in [0.29, 0.717) is 44.0 Å². The number of pyridine rings is 2. The number of carbonyl (C=O) groups is 1. The Morgan fingerprint density at radius 1 is 1.11 bits per heavy atom. The number of hydrogen-bond acceptors (Lipinski definition) is 9. The topological polar surface area (TPSA) is 129 Å². The summed E-state index contributed by atoms with van der Waals surface area (Å²) in [6.07, 6.45) is 2.63. The van der Waals surface area contributed by atoms with Gasteiger partial charge in [-0.05, 0) is 68.7 Å². The van der Waals surface area contributed by atoms with Crippen molar-refractivity contribution in [3.63, 3.8) is 0 Å². The summed E-state index contributed by atoms with van der Waals surface area (Å²) in [6.45, 7) is 13.3. The highest BCUT2D eigenvalue weighted by atomic mass is 32.2. The molecule has 0 unspecified atom stereocenters. The summed E-state index contributed by atoms with van der Waals surface area (Å²) in [5.41, 5.74) is 4.16. The van der Waals surface area contributed by atoms with Crippen molar-refractivity contribution in [2.75, 3.05) is 19.8 Å². The van der Waals surface area contributed by atoms with Crippen LogP contribution in [0.2, 0.25) is 0 Å². The van der Waals surface area contributed by atoms with Crippen molar-refractivity contribution < 1.29 is 22.7 Å². The molecule has 1 spiro atoms. The molecular formula is C33H40N6O5S. The average Bonchev–Trinajstić information content (AvgIpc) is 3.41. The lowest BCUT2D eigenvalue weighted by Gasteiger charge is -2.38. The van der Waals surface area contributed by atoms with Crippen LogP contribution in [0.25, 0.3) is 11.0 Å². The third-order valence-electron chi connectivity index (χ3n) is 9.60. The Kier molecular flexibility index (Phi) is 8.03. The molecule has 1 fully saturated rings. The van der Waals surface area contributed by atoms with Gasteiger partial charge in [0, 0.05) is 42.6 Å². The van der Waals surface area contributed by atoms with Crippen LogP contribution >= 0.6 is 0 Å². The quantitative estimate of drug-likeness (QED) is 0.284. The Balaban J connectivity index is 1.46. The van der Waals surface area contributed by atoms with Gasteiger partial charge in [-0.1, -0.05) is 31.2 Å². The maximum atomic E-state index is 14.1. The molecule has 1 atom stereocenters. The zero-order valence-electron chi connectivity index (χ0n) is 26.7. The molecule has 2 aliphatic rings. The van der Waals surface area contributed by atoms with Crippen molar-refractivity contribution in [3.05, 3.63) is 70.7 Å². The first-order valence-corrected chi connectivity index (χ1v) is 16.8. The molecule has 0 radical (unpaired) electrons. The van der Waals surface area contributed by atoms with E-state index >= 15 is 0 Å². The molecule has 0 N–H and O–H groups in total. The Morgan fingerprint density at radius 3 is 2.58 bits per heavy atom. The summed E-state index contributed by atoms with van der Waals surface area (Å²) >= 11 is 0. The van der Waals surface area contributed by atoms with Crippen LogP contribution in [-0.4, -0.2) is 68.8 Å². The molecule has 2 aliphatic heterocycles. The van der Waals surface area contributed by atoms with Crippen molar-refractivity contribution in [2.45, 2.75) is 83.9 Å². The molecule has 6 rings (SSSR count). The van der Waals surface area contributed by atoms with Crippen molar-refractivity contribution >= 4 is 26.8 Å². The number of carbonyl (C=O) groups excluding carboxylic acids is 1. The SMILES string of the molecule is CCn1nnc2c(C)c([C@@H](c3ccc(C)c(CN4CC5(CCOCC5)Oc5ncccc5S4(=O)=O)n3)C(C)(C)C(C)=O)ccc21. The predicted molar refractivity (Wildman–Crippen MR) is 168 cm³/mol. The molecule has 1 saturated heterocycles. The van der Waals surface area contributed by atoms with Gasteiger partial charge in [0.1, 0.15) is 21.8 Å². The second-order valence-corrected chi connectivity index (χ2v) is 14.6. The molecule has 0 aliphatic carbocycles. The van der Waals surface area contributed by atoms with E-state index in [1.807, 2.05) is 63.6 Å². The highest BCUT2D eigenvalue weighted by Gasteiger charge is 2.46. The summed E-state index contributed by atoms with van der Waals surface area (Å²) in [4.78, 5) is 22.7. The zero-order chi connectivity index (χ0) is 32.1. The number of rotatable bonds is 7. The van der Waals surface area contributed by atoms with Gasteiger partial charge in [-0.2, -0.15) is 4.31 Å². The van der Waals surface area contributed by atoms with Crippen LogP contribution in [0.3, 0.4) is 0 Å². The molecule has 0 bridgehead atoms. The molecule has 4 aromatic rings. The maximum Gasteiger partial charge on any atom is 0.248 e. The van der Waals surface area contributed by atoms with E-state index in [0.717, 1.165) is 27.7 Å². The summed E-state index contributed by atoms with van der Waals surface area (Å²) in [5.74, 6) is -0.276. The van der Waals surface area contributed by atoms with Gasteiger partial charge in [-0.3, -0.25) is 9.78 Å². The fourth-order valence-electron chi connectivity index (χ4n) is 6.50. The number of aromatic nitrogens is 5. The Morgan fingerprint density at radius 2 is 1.87 bits per heavy atom. The predicted octanol–water partition coefficient (Wildman–Crippen LogP) is 4.74. The Bertz CT molecular complexity index is 1880. The highest BCUT2D eigenvalue weighted by Crippen LogP contribution is 2.44. The van der Waals surface area contributed by atoms with Crippen LogP contribution in [-0.2, 0) is 32.6 Å². The van der Waals surface area contributed by atoms with Gasteiger partial charge in [-0.25, -0.2) is 18.1 Å². The van der Waals surface area contributed by atoms with Gasteiger partial charge >= 0.3 is 0 Å². The molecule has 0 saturated carbocycles. The van der Waals surface area contributed by atoms with E-state index in [-0.39, 0.29) is 29.6 Å². The maximum absolute atomic E-state index is 14.1.